The maximum Gasteiger partial charge on any atom is 0.240 e. The molecule has 0 bridgehead atoms. The number of ketones is 1. The molecule has 4 aromatic rings. The highest BCUT2D eigenvalue weighted by atomic mass is 35.5. The number of para-hydroxylation sites is 1. The number of nitrogens with one attached hydrogen (secondary N) is 1. The van der Waals surface area contributed by atoms with Crippen LogP contribution in [0.15, 0.2) is 101 Å². The fraction of sp³-hybridized carbons (Fsp3) is 0.0741. The predicted octanol–water partition coefficient (Wildman–Crippen LogP) is 5.39. The first-order valence-corrected chi connectivity index (χ1v) is 12.4. The minimum Gasteiger partial charge on any atom is -0.303 e. The maximum atomic E-state index is 12.5. The van der Waals surface area contributed by atoms with E-state index in [9.17, 15) is 9.59 Å². The van der Waals surface area contributed by atoms with Crippen molar-refractivity contribution in [3.05, 3.63) is 107 Å². The monoisotopic (exact) mass is 513 g/mol. The Hall–Kier alpha value is -4.01. The van der Waals surface area contributed by atoms with Crippen molar-refractivity contribution < 1.29 is 9.59 Å². The Kier molecular flexibility index (Phi) is 7.06. The molecule has 3 aromatic carbocycles. The van der Waals surface area contributed by atoms with Gasteiger partial charge in [0.15, 0.2) is 11.0 Å². The molecule has 2 heterocycles. The second-order valence-electron chi connectivity index (χ2n) is 7.96. The van der Waals surface area contributed by atoms with Crippen molar-refractivity contribution in [1.82, 2.24) is 15.1 Å². The number of benzene rings is 3. The lowest BCUT2D eigenvalue weighted by atomic mass is 10.1. The third-order valence-electron chi connectivity index (χ3n) is 5.47. The Morgan fingerprint density at radius 2 is 1.72 bits per heavy atom. The van der Waals surface area contributed by atoms with Gasteiger partial charge in [-0.25, -0.2) is 4.68 Å². The molecule has 1 saturated heterocycles. The first-order chi connectivity index (χ1) is 17.6. The number of amidine groups is 1. The number of thioether (sulfide) groups is 1. The van der Waals surface area contributed by atoms with E-state index >= 15 is 0 Å². The van der Waals surface area contributed by atoms with Crippen LogP contribution < -0.4 is 5.32 Å². The summed E-state index contributed by atoms with van der Waals surface area (Å²) in [6.07, 6.45) is 3.55. The zero-order chi connectivity index (χ0) is 24.9. The summed E-state index contributed by atoms with van der Waals surface area (Å²) in [4.78, 5) is 24.9. The smallest absolute Gasteiger partial charge is 0.240 e. The van der Waals surface area contributed by atoms with Crippen LogP contribution in [-0.4, -0.2) is 38.1 Å². The number of hydrogen-bond acceptors (Lipinski definition) is 6. The fourth-order valence-electron chi connectivity index (χ4n) is 3.67. The third-order valence-corrected chi connectivity index (χ3v) is 6.79. The van der Waals surface area contributed by atoms with Crippen molar-refractivity contribution in [2.75, 3.05) is 0 Å². The SMILES string of the molecule is O=C(CC1S/C(=N/N=C/c2cn(-c3ccccc3)nc2-c2ccc(Cl)cc2)NC1=O)c1ccccc1. The number of Topliss-reactive ketones (excluding diaryl/α,β-unsaturated/α-hetero) is 1. The summed E-state index contributed by atoms with van der Waals surface area (Å²) < 4.78 is 1.77. The molecule has 1 fully saturated rings. The van der Waals surface area contributed by atoms with E-state index in [4.69, 9.17) is 16.7 Å². The van der Waals surface area contributed by atoms with Gasteiger partial charge in [-0.1, -0.05) is 84.0 Å². The van der Waals surface area contributed by atoms with Crippen molar-refractivity contribution in [3.63, 3.8) is 0 Å². The molecule has 1 amide bonds. The molecule has 0 saturated carbocycles. The Morgan fingerprint density at radius 3 is 2.44 bits per heavy atom. The van der Waals surface area contributed by atoms with Crippen LogP contribution in [0, 0.1) is 0 Å². The van der Waals surface area contributed by atoms with Crippen LogP contribution in [0.5, 0.6) is 0 Å². The van der Waals surface area contributed by atoms with Crippen LogP contribution in [0.25, 0.3) is 16.9 Å². The van der Waals surface area contributed by atoms with Crippen LogP contribution in [-0.2, 0) is 4.79 Å². The highest BCUT2D eigenvalue weighted by molar-refractivity contribution is 8.15. The average Bonchev–Trinajstić information content (AvgIpc) is 3.49. The number of hydrogen-bond donors (Lipinski definition) is 1. The van der Waals surface area contributed by atoms with E-state index in [-0.39, 0.29) is 18.1 Å². The summed E-state index contributed by atoms with van der Waals surface area (Å²) in [7, 11) is 0. The minimum absolute atomic E-state index is 0.0890. The number of halogens is 1. The summed E-state index contributed by atoms with van der Waals surface area (Å²) >= 11 is 7.26. The van der Waals surface area contributed by atoms with Gasteiger partial charge in [0.2, 0.25) is 5.91 Å². The molecule has 9 heteroatoms. The molecule has 1 aliphatic heterocycles. The van der Waals surface area contributed by atoms with E-state index in [2.05, 4.69) is 15.5 Å². The normalized spacial score (nSPS) is 16.5. The first-order valence-electron chi connectivity index (χ1n) is 11.1. The highest BCUT2D eigenvalue weighted by Crippen LogP contribution is 2.26. The molecular weight excluding hydrogens is 494 g/mol. The predicted molar refractivity (Wildman–Crippen MR) is 144 cm³/mol. The molecule has 0 radical (unpaired) electrons. The largest absolute Gasteiger partial charge is 0.303 e. The van der Waals surface area contributed by atoms with Crippen molar-refractivity contribution >= 4 is 46.4 Å². The van der Waals surface area contributed by atoms with Gasteiger partial charge < -0.3 is 5.32 Å². The summed E-state index contributed by atoms with van der Waals surface area (Å²) in [5.41, 5.74) is 3.83. The molecular formula is C27H20ClN5O2S. The zero-order valence-electron chi connectivity index (χ0n) is 18.9. The Labute approximate surface area is 216 Å². The molecule has 1 unspecified atom stereocenters. The quantitative estimate of drug-likeness (QED) is 0.204. The minimum atomic E-state index is -0.544. The Bertz CT molecular complexity index is 1450. The second-order valence-corrected chi connectivity index (χ2v) is 9.59. The average molecular weight is 514 g/mol. The lowest BCUT2D eigenvalue weighted by Crippen LogP contribution is -2.26. The molecule has 1 atom stereocenters. The zero-order valence-corrected chi connectivity index (χ0v) is 20.5. The first kappa shape index (κ1) is 23.7. The molecule has 7 nitrogen and oxygen atoms in total. The second kappa shape index (κ2) is 10.7. The van der Waals surface area contributed by atoms with E-state index in [0.29, 0.717) is 21.4 Å². The molecule has 178 valence electrons. The summed E-state index contributed by atoms with van der Waals surface area (Å²) in [6, 6.07) is 26.1. The Morgan fingerprint density at radius 1 is 1.03 bits per heavy atom. The van der Waals surface area contributed by atoms with Gasteiger partial charge in [-0.05, 0) is 24.3 Å². The van der Waals surface area contributed by atoms with Gasteiger partial charge in [0.1, 0.15) is 5.69 Å². The van der Waals surface area contributed by atoms with E-state index in [1.165, 1.54) is 11.8 Å². The van der Waals surface area contributed by atoms with Crippen molar-refractivity contribution in [2.24, 2.45) is 10.2 Å². The van der Waals surface area contributed by atoms with Gasteiger partial charge in [0, 0.05) is 34.3 Å². The molecule has 5 rings (SSSR count). The fourth-order valence-corrected chi connectivity index (χ4v) is 4.72. The highest BCUT2D eigenvalue weighted by Gasteiger charge is 2.32. The maximum absolute atomic E-state index is 12.5. The third kappa shape index (κ3) is 5.45. The number of aromatic nitrogens is 2. The molecule has 0 aliphatic carbocycles. The van der Waals surface area contributed by atoms with Crippen LogP contribution in [0.2, 0.25) is 5.02 Å². The lowest BCUT2D eigenvalue weighted by Gasteiger charge is -2.04. The molecule has 0 spiro atoms. The van der Waals surface area contributed by atoms with Crippen LogP contribution in [0.3, 0.4) is 0 Å². The van der Waals surface area contributed by atoms with Gasteiger partial charge in [0.25, 0.3) is 0 Å². The van der Waals surface area contributed by atoms with Gasteiger partial charge in [-0.15, -0.1) is 5.10 Å². The van der Waals surface area contributed by atoms with Crippen LogP contribution in [0.4, 0.5) is 0 Å². The number of carbonyl (C=O) groups excluding carboxylic acids is 2. The van der Waals surface area contributed by atoms with Crippen molar-refractivity contribution in [2.45, 2.75) is 11.7 Å². The van der Waals surface area contributed by atoms with Crippen LogP contribution in [0.1, 0.15) is 22.3 Å². The molecule has 36 heavy (non-hydrogen) atoms. The van der Waals surface area contributed by atoms with Crippen LogP contribution >= 0.6 is 23.4 Å². The molecule has 1 N–H and O–H groups in total. The molecule has 1 aliphatic rings. The van der Waals surface area contributed by atoms with Crippen molar-refractivity contribution in [3.8, 4) is 16.9 Å². The van der Waals surface area contributed by atoms with Gasteiger partial charge >= 0.3 is 0 Å². The molecule has 1 aromatic heterocycles. The van der Waals surface area contributed by atoms with Crippen molar-refractivity contribution in [1.29, 1.82) is 0 Å². The lowest BCUT2D eigenvalue weighted by molar-refractivity contribution is -0.118. The Balaban J connectivity index is 1.35. The topological polar surface area (TPSA) is 88.7 Å². The van der Waals surface area contributed by atoms with Gasteiger partial charge in [0.05, 0.1) is 17.2 Å². The summed E-state index contributed by atoms with van der Waals surface area (Å²) in [5, 5.41) is 16.3. The number of amides is 1. The van der Waals surface area contributed by atoms with Gasteiger partial charge in [-0.2, -0.15) is 10.2 Å². The number of carbonyl (C=O) groups is 2. The standard InChI is InChI=1S/C27H20ClN5O2S/c28-21-13-11-19(12-14-21)25-20(17-33(32-25)22-9-5-2-6-10-22)16-29-31-27-30-26(35)24(36-27)15-23(34)18-7-3-1-4-8-18/h1-14,16-17,24H,15H2,(H,30,31,35)/b29-16+. The van der Waals surface area contributed by atoms with E-state index in [1.807, 2.05) is 54.7 Å². The van der Waals surface area contributed by atoms with E-state index in [0.717, 1.165) is 16.8 Å². The van der Waals surface area contributed by atoms with E-state index < -0.39 is 5.25 Å². The summed E-state index contributed by atoms with van der Waals surface area (Å²) in [6.45, 7) is 0. The number of nitrogens with zero attached hydrogens (tertiary/aromatic N) is 4. The summed E-state index contributed by atoms with van der Waals surface area (Å²) in [5.74, 6) is -0.342. The number of rotatable bonds is 7. The van der Waals surface area contributed by atoms with Gasteiger partial charge in [-0.3, -0.25) is 9.59 Å². The van der Waals surface area contributed by atoms with E-state index in [1.54, 1.807) is 47.3 Å².